The second-order valence-electron chi connectivity index (χ2n) is 5.45. The number of hydrogen-bond acceptors (Lipinski definition) is 4. The van der Waals surface area contributed by atoms with E-state index in [-0.39, 0.29) is 22.9 Å². The van der Waals surface area contributed by atoms with Gasteiger partial charge in [0, 0.05) is 11.1 Å². The monoisotopic (exact) mass is 330 g/mol. The van der Waals surface area contributed by atoms with Crippen molar-refractivity contribution in [2.24, 2.45) is 0 Å². The molecule has 0 saturated carbocycles. The van der Waals surface area contributed by atoms with Crippen molar-refractivity contribution in [2.75, 3.05) is 0 Å². The van der Waals surface area contributed by atoms with Gasteiger partial charge in [0.2, 0.25) is 5.75 Å². The van der Waals surface area contributed by atoms with E-state index in [9.17, 15) is 10.1 Å². The van der Waals surface area contributed by atoms with Crippen LogP contribution in [0.1, 0.15) is 36.5 Å². The van der Waals surface area contributed by atoms with Crippen molar-refractivity contribution < 1.29 is 9.66 Å². The molecule has 0 heterocycles. The largest absolute Gasteiger partial charge is 0.450 e. The SMILES string of the molecule is Cc1cc(Cl)c(C(C)C)cc1Oc1ccc(C#N)cc1[N+](=O)[O-]. The summed E-state index contributed by atoms with van der Waals surface area (Å²) in [6.07, 6.45) is 0. The zero-order chi connectivity index (χ0) is 17.1. The van der Waals surface area contributed by atoms with Gasteiger partial charge in [-0.2, -0.15) is 5.26 Å². The number of nitriles is 1. The lowest BCUT2D eigenvalue weighted by atomic mass is 10.0. The summed E-state index contributed by atoms with van der Waals surface area (Å²) in [5.74, 6) is 0.793. The molecule has 0 aromatic heterocycles. The quantitative estimate of drug-likeness (QED) is 0.559. The van der Waals surface area contributed by atoms with Crippen molar-refractivity contribution in [3.63, 3.8) is 0 Å². The first-order valence-electron chi connectivity index (χ1n) is 7.00. The van der Waals surface area contributed by atoms with Gasteiger partial charge in [-0.15, -0.1) is 0 Å². The summed E-state index contributed by atoms with van der Waals surface area (Å²) in [5.41, 5.74) is 1.64. The summed E-state index contributed by atoms with van der Waals surface area (Å²) in [5, 5.41) is 20.7. The summed E-state index contributed by atoms with van der Waals surface area (Å²) >= 11 is 6.22. The molecule has 2 aromatic carbocycles. The van der Waals surface area contributed by atoms with Crippen molar-refractivity contribution in [2.45, 2.75) is 26.7 Å². The van der Waals surface area contributed by atoms with E-state index in [0.717, 1.165) is 11.1 Å². The standard InChI is InChI=1S/C17H15ClN2O3/c1-10(2)13-8-17(11(3)6-14(13)18)23-16-5-4-12(9-19)7-15(16)20(21)22/h4-8,10H,1-3H3. The minimum absolute atomic E-state index is 0.0918. The molecule has 0 aliphatic carbocycles. The lowest BCUT2D eigenvalue weighted by Crippen LogP contribution is -1.97. The predicted octanol–water partition coefficient (Wildman–Crippen LogP) is 5.34. The van der Waals surface area contributed by atoms with Gasteiger partial charge in [0.1, 0.15) is 5.75 Å². The molecule has 0 fully saturated rings. The van der Waals surface area contributed by atoms with Gasteiger partial charge in [-0.05, 0) is 48.2 Å². The van der Waals surface area contributed by atoms with E-state index in [1.165, 1.54) is 18.2 Å². The number of hydrogen-bond donors (Lipinski definition) is 0. The molecule has 2 aromatic rings. The Balaban J connectivity index is 2.49. The maximum absolute atomic E-state index is 11.2. The fourth-order valence-corrected chi connectivity index (χ4v) is 2.59. The maximum atomic E-state index is 11.2. The van der Waals surface area contributed by atoms with Gasteiger partial charge in [0.25, 0.3) is 0 Å². The molecule has 0 atom stereocenters. The molecule has 0 saturated heterocycles. The molecule has 0 bridgehead atoms. The van der Waals surface area contributed by atoms with Crippen molar-refractivity contribution in [3.05, 3.63) is 62.2 Å². The van der Waals surface area contributed by atoms with Crippen LogP contribution in [0.4, 0.5) is 5.69 Å². The normalized spacial score (nSPS) is 10.4. The first kappa shape index (κ1) is 16.8. The van der Waals surface area contributed by atoms with Crippen LogP contribution in [0.25, 0.3) is 0 Å². The molecule has 0 spiro atoms. The number of benzene rings is 2. The number of ether oxygens (including phenoxy) is 1. The molecular formula is C17H15ClN2O3. The third-order valence-electron chi connectivity index (χ3n) is 3.42. The first-order chi connectivity index (χ1) is 10.8. The van der Waals surface area contributed by atoms with Crippen LogP contribution in [0.15, 0.2) is 30.3 Å². The molecule has 2 rings (SSSR count). The highest BCUT2D eigenvalue weighted by Gasteiger charge is 2.18. The highest BCUT2D eigenvalue weighted by atomic mass is 35.5. The molecule has 0 aliphatic rings. The predicted molar refractivity (Wildman–Crippen MR) is 88.2 cm³/mol. The Bertz CT molecular complexity index is 810. The number of halogens is 1. The number of nitro groups is 1. The summed E-state index contributed by atoms with van der Waals surface area (Å²) in [7, 11) is 0. The highest BCUT2D eigenvalue weighted by Crippen LogP contribution is 2.37. The van der Waals surface area contributed by atoms with Crippen LogP contribution in [0, 0.1) is 28.4 Å². The van der Waals surface area contributed by atoms with Crippen molar-refractivity contribution in [1.29, 1.82) is 5.26 Å². The Morgan fingerprint density at radius 2 is 1.96 bits per heavy atom. The Morgan fingerprint density at radius 3 is 2.52 bits per heavy atom. The number of nitro benzene ring substituents is 1. The highest BCUT2D eigenvalue weighted by molar-refractivity contribution is 6.31. The molecule has 118 valence electrons. The van der Waals surface area contributed by atoms with E-state index < -0.39 is 4.92 Å². The summed E-state index contributed by atoms with van der Waals surface area (Å²) in [6.45, 7) is 5.83. The molecule has 0 radical (unpaired) electrons. The second kappa shape index (κ2) is 6.67. The number of rotatable bonds is 4. The van der Waals surface area contributed by atoms with Crippen LogP contribution in [0.5, 0.6) is 11.5 Å². The summed E-state index contributed by atoms with van der Waals surface area (Å²) in [4.78, 5) is 10.6. The molecule has 0 N–H and O–H groups in total. The number of aryl methyl sites for hydroxylation is 1. The molecule has 6 heteroatoms. The first-order valence-corrected chi connectivity index (χ1v) is 7.37. The molecule has 0 unspecified atom stereocenters. The van der Waals surface area contributed by atoms with E-state index in [1.807, 2.05) is 26.8 Å². The van der Waals surface area contributed by atoms with Crippen LogP contribution < -0.4 is 4.74 Å². The minimum Gasteiger partial charge on any atom is -0.450 e. The maximum Gasteiger partial charge on any atom is 0.312 e. The van der Waals surface area contributed by atoms with Gasteiger partial charge in [-0.3, -0.25) is 10.1 Å². The van der Waals surface area contributed by atoms with Gasteiger partial charge >= 0.3 is 5.69 Å². The van der Waals surface area contributed by atoms with Crippen LogP contribution >= 0.6 is 11.6 Å². The van der Waals surface area contributed by atoms with E-state index in [2.05, 4.69) is 0 Å². The van der Waals surface area contributed by atoms with Crippen LogP contribution in [0.2, 0.25) is 5.02 Å². The zero-order valence-electron chi connectivity index (χ0n) is 13.0. The van der Waals surface area contributed by atoms with Gasteiger partial charge in [0.15, 0.2) is 0 Å². The van der Waals surface area contributed by atoms with Crippen LogP contribution in [0.3, 0.4) is 0 Å². The molecular weight excluding hydrogens is 316 g/mol. The van der Waals surface area contributed by atoms with E-state index >= 15 is 0 Å². The molecule has 5 nitrogen and oxygen atoms in total. The summed E-state index contributed by atoms with van der Waals surface area (Å²) in [6, 6.07) is 9.57. The van der Waals surface area contributed by atoms with Crippen molar-refractivity contribution in [1.82, 2.24) is 0 Å². The number of nitrogens with zero attached hydrogens (tertiary/aromatic N) is 2. The van der Waals surface area contributed by atoms with Crippen LogP contribution in [-0.4, -0.2) is 4.92 Å². The smallest absolute Gasteiger partial charge is 0.312 e. The Morgan fingerprint density at radius 1 is 1.26 bits per heavy atom. The second-order valence-corrected chi connectivity index (χ2v) is 5.85. The third kappa shape index (κ3) is 3.61. The topological polar surface area (TPSA) is 76.2 Å². The molecule has 0 aliphatic heterocycles. The lowest BCUT2D eigenvalue weighted by molar-refractivity contribution is -0.385. The average molecular weight is 331 g/mol. The lowest BCUT2D eigenvalue weighted by Gasteiger charge is -2.14. The summed E-state index contributed by atoms with van der Waals surface area (Å²) < 4.78 is 5.74. The van der Waals surface area contributed by atoms with Gasteiger partial charge < -0.3 is 4.74 Å². The van der Waals surface area contributed by atoms with E-state index in [0.29, 0.717) is 10.8 Å². The average Bonchev–Trinajstić information content (AvgIpc) is 2.49. The molecule has 0 amide bonds. The van der Waals surface area contributed by atoms with Gasteiger partial charge in [0.05, 0.1) is 16.6 Å². The zero-order valence-corrected chi connectivity index (χ0v) is 13.7. The molecule has 23 heavy (non-hydrogen) atoms. The van der Waals surface area contributed by atoms with Crippen molar-refractivity contribution in [3.8, 4) is 17.6 Å². The van der Waals surface area contributed by atoms with Gasteiger partial charge in [-0.25, -0.2) is 0 Å². The minimum atomic E-state index is -0.565. The fraction of sp³-hybridized carbons (Fsp3) is 0.235. The van der Waals surface area contributed by atoms with Crippen molar-refractivity contribution >= 4 is 17.3 Å². The van der Waals surface area contributed by atoms with E-state index in [4.69, 9.17) is 21.6 Å². The Labute approximate surface area is 139 Å². The fourth-order valence-electron chi connectivity index (χ4n) is 2.16. The Hall–Kier alpha value is -2.58. The van der Waals surface area contributed by atoms with Crippen LogP contribution in [-0.2, 0) is 0 Å². The third-order valence-corrected chi connectivity index (χ3v) is 3.75. The van der Waals surface area contributed by atoms with Gasteiger partial charge in [-0.1, -0.05) is 25.4 Å². The Kier molecular flexibility index (Phi) is 4.87. The van der Waals surface area contributed by atoms with E-state index in [1.54, 1.807) is 12.1 Å².